The second-order valence-corrected chi connectivity index (χ2v) is 9.55. The molecule has 0 aliphatic carbocycles. The Labute approximate surface area is 201 Å². The number of nitrogens with zero attached hydrogens (tertiary/aromatic N) is 3. The summed E-state index contributed by atoms with van der Waals surface area (Å²) >= 11 is -1.20. The molecule has 34 heavy (non-hydrogen) atoms. The van der Waals surface area contributed by atoms with Crippen LogP contribution in [0.2, 0.25) is 0 Å². The minimum atomic E-state index is -1.20. The monoisotopic (exact) mass is 476 g/mol. The first-order valence-corrected chi connectivity index (χ1v) is 12.6. The van der Waals surface area contributed by atoms with Gasteiger partial charge in [-0.15, -0.1) is 0 Å². The van der Waals surface area contributed by atoms with Gasteiger partial charge in [-0.1, -0.05) is 18.2 Å². The molecule has 0 saturated carbocycles. The first kappa shape index (κ1) is 22.6. The summed E-state index contributed by atoms with van der Waals surface area (Å²) in [6.07, 6.45) is 5.20. The van der Waals surface area contributed by atoms with Gasteiger partial charge in [0.2, 0.25) is 0 Å². The summed E-state index contributed by atoms with van der Waals surface area (Å²) in [5.41, 5.74) is 5.09. The average Bonchev–Trinajstić information content (AvgIpc) is 2.86. The molecule has 6 nitrogen and oxygen atoms in total. The van der Waals surface area contributed by atoms with Crippen LogP contribution in [0.15, 0.2) is 65.8 Å². The van der Waals surface area contributed by atoms with Crippen LogP contribution in [-0.4, -0.2) is 47.1 Å². The molecule has 1 unspecified atom stereocenters. The zero-order valence-corrected chi connectivity index (χ0v) is 19.9. The highest BCUT2D eigenvalue weighted by Crippen LogP contribution is 2.38. The summed E-state index contributed by atoms with van der Waals surface area (Å²) in [4.78, 5) is 12.1. The van der Waals surface area contributed by atoms with E-state index in [1.54, 1.807) is 24.6 Å². The SMILES string of the molecule is Cc1c(-c2ccccc2[S+](C)[O-])nc2cccc(F)c2c1Nc1cncc(N2CCOCC2)c1. The average molecular weight is 477 g/mol. The van der Waals surface area contributed by atoms with Crippen molar-refractivity contribution in [2.24, 2.45) is 0 Å². The third kappa shape index (κ3) is 4.32. The van der Waals surface area contributed by atoms with Gasteiger partial charge in [0.15, 0.2) is 4.90 Å². The van der Waals surface area contributed by atoms with Crippen LogP contribution in [-0.2, 0) is 15.9 Å². The molecule has 8 heteroatoms. The van der Waals surface area contributed by atoms with Gasteiger partial charge in [-0.05, 0) is 54.0 Å². The van der Waals surface area contributed by atoms with Crippen LogP contribution in [0.5, 0.6) is 0 Å². The molecule has 0 amide bonds. The Bertz CT molecular complexity index is 1340. The molecule has 174 valence electrons. The Hall–Kier alpha value is -3.20. The van der Waals surface area contributed by atoms with E-state index >= 15 is 4.39 Å². The molecular formula is C26H25FN4O2S. The van der Waals surface area contributed by atoms with E-state index in [0.29, 0.717) is 40.4 Å². The zero-order chi connectivity index (χ0) is 23.7. The van der Waals surface area contributed by atoms with Crippen LogP contribution in [0, 0.1) is 12.7 Å². The van der Waals surface area contributed by atoms with Gasteiger partial charge >= 0.3 is 0 Å². The Morgan fingerprint density at radius 2 is 1.88 bits per heavy atom. The Morgan fingerprint density at radius 3 is 2.68 bits per heavy atom. The number of rotatable bonds is 5. The van der Waals surface area contributed by atoms with Crippen molar-refractivity contribution in [3.63, 3.8) is 0 Å². The van der Waals surface area contributed by atoms with Gasteiger partial charge in [-0.3, -0.25) is 4.98 Å². The van der Waals surface area contributed by atoms with Gasteiger partial charge in [0.25, 0.3) is 0 Å². The summed E-state index contributed by atoms with van der Waals surface area (Å²) in [7, 11) is 0. The number of fused-ring (bicyclic) bond motifs is 1. The molecule has 0 radical (unpaired) electrons. The van der Waals surface area contributed by atoms with Crippen LogP contribution < -0.4 is 10.2 Å². The smallest absolute Gasteiger partial charge is 0.161 e. The molecule has 3 heterocycles. The molecule has 1 fully saturated rings. The standard InChI is InChI=1S/C26H25FN4O2S/c1-17-25(20-6-3-4-9-23(20)34(2)32)30-22-8-5-7-21(27)24(22)26(17)29-18-14-19(16-28-15-18)31-10-12-33-13-11-31/h3-9,14-16H,10-13H2,1-2H3,(H,29,30). The van der Waals surface area contributed by atoms with Crippen LogP contribution in [0.3, 0.4) is 0 Å². The van der Waals surface area contributed by atoms with Gasteiger partial charge < -0.3 is 19.5 Å². The van der Waals surface area contributed by atoms with E-state index in [2.05, 4.69) is 15.2 Å². The van der Waals surface area contributed by atoms with Gasteiger partial charge in [0.05, 0.1) is 64.8 Å². The van der Waals surface area contributed by atoms with E-state index in [-0.39, 0.29) is 5.82 Å². The van der Waals surface area contributed by atoms with Gasteiger partial charge in [-0.25, -0.2) is 9.37 Å². The second-order valence-electron chi connectivity index (χ2n) is 8.20. The molecule has 1 atom stereocenters. The summed E-state index contributed by atoms with van der Waals surface area (Å²) in [5, 5.41) is 3.83. The predicted octanol–water partition coefficient (Wildman–Crippen LogP) is 5.06. The number of nitrogens with one attached hydrogen (secondary N) is 1. The first-order valence-electron chi connectivity index (χ1n) is 11.1. The van der Waals surface area contributed by atoms with Crippen molar-refractivity contribution in [3.8, 4) is 11.3 Å². The number of morpholine rings is 1. The molecule has 1 saturated heterocycles. The van der Waals surface area contributed by atoms with Crippen molar-refractivity contribution in [1.82, 2.24) is 9.97 Å². The summed E-state index contributed by atoms with van der Waals surface area (Å²) in [5.74, 6) is -0.355. The molecule has 1 N–H and O–H groups in total. The number of hydrogen-bond acceptors (Lipinski definition) is 6. The molecule has 5 rings (SSSR count). The molecule has 1 aliphatic rings. The van der Waals surface area contributed by atoms with Crippen LogP contribution in [0.1, 0.15) is 5.56 Å². The molecule has 2 aromatic carbocycles. The van der Waals surface area contributed by atoms with Crippen LogP contribution >= 0.6 is 0 Å². The lowest BCUT2D eigenvalue weighted by Crippen LogP contribution is -2.36. The summed E-state index contributed by atoms with van der Waals surface area (Å²) < 4.78 is 33.0. The largest absolute Gasteiger partial charge is 0.612 e. The molecular weight excluding hydrogens is 451 g/mol. The van der Waals surface area contributed by atoms with Crippen molar-refractivity contribution in [1.29, 1.82) is 0 Å². The van der Waals surface area contributed by atoms with E-state index < -0.39 is 11.2 Å². The molecule has 1 aliphatic heterocycles. The number of hydrogen-bond donors (Lipinski definition) is 1. The van der Waals surface area contributed by atoms with Gasteiger partial charge in [-0.2, -0.15) is 0 Å². The van der Waals surface area contributed by atoms with Gasteiger partial charge in [0.1, 0.15) is 12.1 Å². The fraction of sp³-hybridized carbons (Fsp3) is 0.231. The summed E-state index contributed by atoms with van der Waals surface area (Å²) in [6.45, 7) is 4.86. The quantitative estimate of drug-likeness (QED) is 0.406. The number of pyridine rings is 2. The predicted molar refractivity (Wildman–Crippen MR) is 135 cm³/mol. The maximum atomic E-state index is 15.1. The maximum Gasteiger partial charge on any atom is 0.161 e. The Balaban J connectivity index is 1.65. The lowest BCUT2D eigenvalue weighted by Gasteiger charge is -2.28. The second kappa shape index (κ2) is 9.58. The highest BCUT2D eigenvalue weighted by molar-refractivity contribution is 7.90. The number of halogens is 1. The van der Waals surface area contributed by atoms with E-state index in [1.165, 1.54) is 6.07 Å². The van der Waals surface area contributed by atoms with Gasteiger partial charge in [0, 0.05) is 13.1 Å². The fourth-order valence-corrected chi connectivity index (χ4v) is 5.07. The lowest BCUT2D eigenvalue weighted by molar-refractivity contribution is 0.122. The summed E-state index contributed by atoms with van der Waals surface area (Å²) in [6, 6.07) is 14.4. The number of benzene rings is 2. The van der Waals surface area contributed by atoms with Crippen molar-refractivity contribution in [2.75, 3.05) is 42.8 Å². The zero-order valence-electron chi connectivity index (χ0n) is 19.0. The number of anilines is 3. The minimum Gasteiger partial charge on any atom is -0.612 e. The van der Waals surface area contributed by atoms with Crippen LogP contribution in [0.25, 0.3) is 22.2 Å². The highest BCUT2D eigenvalue weighted by atomic mass is 32.2. The third-order valence-electron chi connectivity index (χ3n) is 6.03. The topological polar surface area (TPSA) is 73.3 Å². The molecule has 4 aromatic rings. The van der Waals surface area contributed by atoms with Crippen molar-refractivity contribution in [2.45, 2.75) is 11.8 Å². The first-order chi connectivity index (χ1) is 16.5. The normalized spacial score (nSPS) is 14.9. The lowest BCUT2D eigenvalue weighted by atomic mass is 10.0. The minimum absolute atomic E-state index is 0.355. The molecule has 2 aromatic heterocycles. The van der Waals surface area contributed by atoms with Crippen LogP contribution in [0.4, 0.5) is 21.5 Å². The van der Waals surface area contributed by atoms with Crippen molar-refractivity contribution < 1.29 is 13.7 Å². The molecule has 0 spiro atoms. The van der Waals surface area contributed by atoms with E-state index in [4.69, 9.17) is 9.72 Å². The van der Waals surface area contributed by atoms with Crippen molar-refractivity contribution in [3.05, 3.63) is 72.3 Å². The Morgan fingerprint density at radius 1 is 1.09 bits per heavy atom. The Kier molecular flexibility index (Phi) is 6.36. The van der Waals surface area contributed by atoms with E-state index in [9.17, 15) is 4.55 Å². The van der Waals surface area contributed by atoms with E-state index in [0.717, 1.165) is 35.6 Å². The van der Waals surface area contributed by atoms with Crippen molar-refractivity contribution >= 4 is 39.1 Å². The number of ether oxygens (including phenoxy) is 1. The third-order valence-corrected chi connectivity index (χ3v) is 7.00. The highest BCUT2D eigenvalue weighted by Gasteiger charge is 2.21. The fourth-order valence-electron chi connectivity index (χ4n) is 4.33. The number of aromatic nitrogens is 2. The maximum absolute atomic E-state index is 15.1. The molecule has 0 bridgehead atoms. The van der Waals surface area contributed by atoms with E-state index in [1.807, 2.05) is 43.5 Å².